The Kier molecular flexibility index (Phi) is 30.1. The standard InChI is InChI=1S/C9H12O2.C7H8ClN.C7H8S.C3H6O.2C2H6/c1-7-6-8(10-2)4-5-9(7)11-3;1-9-7-5-3-2-4-6(7)8;1-8-7-5-3-2-4-6-7;1-2-3-4;2*1-2/h4-6H,1-3H3;2-5,9H,1H3;2-6H,1H3;3H,2H2,1H3;2*1-2H3. The molecule has 0 saturated heterocycles. The van der Waals surface area contributed by atoms with E-state index < -0.39 is 0 Å². The number of hydrogen-bond donors (Lipinski definition) is 1. The van der Waals surface area contributed by atoms with Crippen LogP contribution in [0.3, 0.4) is 0 Å². The molecular weight excluding hydrogens is 490 g/mol. The zero-order valence-electron chi connectivity index (χ0n) is 23.7. The van der Waals surface area contributed by atoms with Gasteiger partial charge in [-0.3, -0.25) is 0 Å². The molecule has 0 radical (unpaired) electrons. The second-order valence-electron chi connectivity index (χ2n) is 6.16. The predicted molar refractivity (Wildman–Crippen MR) is 163 cm³/mol. The van der Waals surface area contributed by atoms with Crippen molar-refractivity contribution in [1.29, 1.82) is 0 Å². The SMILES string of the molecule is CC.CC.CCC=O.CNc1ccccc1Cl.COc1ccc(OC)c(C)c1.CSc1ccccc1. The molecule has 3 aromatic rings. The van der Waals surface area contributed by atoms with E-state index >= 15 is 0 Å². The number of para-hydroxylation sites is 1. The Morgan fingerprint density at radius 3 is 1.75 bits per heavy atom. The lowest BCUT2D eigenvalue weighted by Crippen LogP contribution is -1.88. The molecule has 0 unspecified atom stereocenters. The van der Waals surface area contributed by atoms with Crippen LogP contribution in [0.4, 0.5) is 5.69 Å². The van der Waals surface area contributed by atoms with E-state index in [0.717, 1.165) is 34.1 Å². The number of methoxy groups -OCH3 is 2. The number of hydrogen-bond acceptors (Lipinski definition) is 5. The number of aldehydes is 1. The van der Waals surface area contributed by atoms with E-state index in [0.29, 0.717) is 6.42 Å². The summed E-state index contributed by atoms with van der Waals surface area (Å²) >= 11 is 7.53. The molecule has 0 amide bonds. The van der Waals surface area contributed by atoms with Gasteiger partial charge in [-0.15, -0.1) is 11.8 Å². The van der Waals surface area contributed by atoms with Crippen molar-refractivity contribution in [2.45, 2.75) is 52.9 Å². The van der Waals surface area contributed by atoms with Gasteiger partial charge in [0.25, 0.3) is 0 Å². The lowest BCUT2D eigenvalue weighted by molar-refractivity contribution is -0.107. The molecule has 0 saturated carbocycles. The number of carbonyl (C=O) groups excluding carboxylic acids is 1. The third-order valence-corrected chi connectivity index (χ3v) is 4.96. The topological polar surface area (TPSA) is 47.6 Å². The van der Waals surface area contributed by atoms with Gasteiger partial charge in [-0.1, -0.05) is 76.6 Å². The van der Waals surface area contributed by atoms with Crippen LogP contribution >= 0.6 is 23.4 Å². The molecule has 0 aliphatic carbocycles. The van der Waals surface area contributed by atoms with Gasteiger partial charge in [-0.2, -0.15) is 0 Å². The first-order valence-electron chi connectivity index (χ1n) is 12.1. The molecular formula is C30H46ClNO3S. The van der Waals surface area contributed by atoms with Crippen LogP contribution in [0.25, 0.3) is 0 Å². The van der Waals surface area contributed by atoms with Gasteiger partial charge in [0.15, 0.2) is 0 Å². The lowest BCUT2D eigenvalue weighted by atomic mass is 10.2. The molecule has 6 heteroatoms. The van der Waals surface area contributed by atoms with Gasteiger partial charge in [0.05, 0.1) is 24.9 Å². The average molecular weight is 536 g/mol. The predicted octanol–water partition coefficient (Wildman–Crippen LogP) is 9.45. The highest BCUT2D eigenvalue weighted by Crippen LogP contribution is 2.22. The van der Waals surface area contributed by atoms with E-state index in [1.54, 1.807) is 26.0 Å². The first-order valence-corrected chi connectivity index (χ1v) is 13.7. The quantitative estimate of drug-likeness (QED) is 0.260. The molecule has 0 bridgehead atoms. The molecule has 3 rings (SSSR count). The van der Waals surface area contributed by atoms with Crippen molar-refractivity contribution in [3.63, 3.8) is 0 Å². The fraction of sp³-hybridized carbons (Fsp3) is 0.367. The summed E-state index contributed by atoms with van der Waals surface area (Å²) in [7, 11) is 5.16. The highest BCUT2D eigenvalue weighted by atomic mass is 35.5. The second kappa shape index (κ2) is 28.6. The Bertz CT molecular complexity index is 877. The van der Waals surface area contributed by atoms with Crippen molar-refractivity contribution in [3.8, 4) is 11.5 Å². The Morgan fingerprint density at radius 1 is 0.889 bits per heavy atom. The summed E-state index contributed by atoms with van der Waals surface area (Å²) in [5.41, 5.74) is 2.06. The van der Waals surface area contributed by atoms with Crippen molar-refractivity contribution in [2.24, 2.45) is 0 Å². The number of nitrogens with one attached hydrogen (secondary N) is 1. The van der Waals surface area contributed by atoms with Crippen LogP contribution in [0, 0.1) is 6.92 Å². The summed E-state index contributed by atoms with van der Waals surface area (Å²) in [4.78, 5) is 10.5. The van der Waals surface area contributed by atoms with Crippen molar-refractivity contribution in [1.82, 2.24) is 0 Å². The molecule has 3 aromatic carbocycles. The molecule has 0 spiro atoms. The van der Waals surface area contributed by atoms with Crippen LogP contribution in [0.15, 0.2) is 77.7 Å². The van der Waals surface area contributed by atoms with E-state index in [-0.39, 0.29) is 0 Å². The Hall–Kier alpha value is -2.63. The second-order valence-corrected chi connectivity index (χ2v) is 7.44. The number of carbonyl (C=O) groups is 1. The number of thioether (sulfide) groups is 1. The van der Waals surface area contributed by atoms with Gasteiger partial charge >= 0.3 is 0 Å². The smallest absolute Gasteiger partial charge is 0.122 e. The zero-order chi connectivity index (χ0) is 28.2. The van der Waals surface area contributed by atoms with Gasteiger partial charge in [0.2, 0.25) is 0 Å². The molecule has 0 aliphatic rings. The normalized spacial score (nSPS) is 8.19. The summed E-state index contributed by atoms with van der Waals surface area (Å²) in [6.07, 6.45) is 3.59. The van der Waals surface area contributed by atoms with Gasteiger partial charge < -0.3 is 19.6 Å². The Labute approximate surface area is 229 Å². The molecule has 0 fully saturated rings. The molecule has 4 nitrogen and oxygen atoms in total. The van der Waals surface area contributed by atoms with Crippen LogP contribution in [0.2, 0.25) is 5.02 Å². The fourth-order valence-corrected chi connectivity index (χ4v) is 2.86. The minimum absolute atomic E-state index is 0.639. The lowest BCUT2D eigenvalue weighted by Gasteiger charge is -2.05. The van der Waals surface area contributed by atoms with Crippen molar-refractivity contribution >= 4 is 35.3 Å². The molecule has 0 heterocycles. The third-order valence-electron chi connectivity index (χ3n) is 3.89. The summed E-state index contributed by atoms with van der Waals surface area (Å²) in [5.74, 6) is 1.76. The molecule has 36 heavy (non-hydrogen) atoms. The molecule has 202 valence electrons. The van der Waals surface area contributed by atoms with Crippen molar-refractivity contribution in [3.05, 3.63) is 83.4 Å². The highest BCUT2D eigenvalue weighted by molar-refractivity contribution is 7.98. The van der Waals surface area contributed by atoms with Gasteiger partial charge in [-0.05, 0) is 61.2 Å². The Balaban J connectivity index is -0.000000400. The molecule has 1 N–H and O–H groups in total. The van der Waals surface area contributed by atoms with Crippen LogP contribution in [0.5, 0.6) is 11.5 Å². The number of anilines is 1. The van der Waals surface area contributed by atoms with E-state index in [2.05, 4.69) is 23.7 Å². The number of ether oxygens (including phenoxy) is 2. The maximum Gasteiger partial charge on any atom is 0.122 e. The van der Waals surface area contributed by atoms with Gasteiger partial charge in [0, 0.05) is 18.4 Å². The number of aryl methyl sites for hydroxylation is 1. The van der Waals surface area contributed by atoms with E-state index in [1.807, 2.05) is 109 Å². The van der Waals surface area contributed by atoms with Crippen molar-refractivity contribution in [2.75, 3.05) is 32.8 Å². The molecule has 0 atom stereocenters. The number of rotatable bonds is 5. The number of benzene rings is 3. The van der Waals surface area contributed by atoms with Gasteiger partial charge in [-0.25, -0.2) is 0 Å². The number of halogens is 1. The van der Waals surface area contributed by atoms with Gasteiger partial charge in [0.1, 0.15) is 17.8 Å². The van der Waals surface area contributed by atoms with Crippen LogP contribution in [-0.2, 0) is 4.79 Å². The minimum atomic E-state index is 0.639. The minimum Gasteiger partial charge on any atom is -0.497 e. The summed E-state index contributed by atoms with van der Waals surface area (Å²) < 4.78 is 10.1. The van der Waals surface area contributed by atoms with E-state index in [9.17, 15) is 4.79 Å². The Morgan fingerprint density at radius 2 is 1.42 bits per heavy atom. The van der Waals surface area contributed by atoms with Crippen LogP contribution < -0.4 is 14.8 Å². The van der Waals surface area contributed by atoms with E-state index in [1.165, 1.54) is 4.90 Å². The van der Waals surface area contributed by atoms with E-state index in [4.69, 9.17) is 21.1 Å². The molecule has 0 aliphatic heterocycles. The highest BCUT2D eigenvalue weighted by Gasteiger charge is 1.98. The van der Waals surface area contributed by atoms with Crippen LogP contribution in [-0.4, -0.2) is 33.8 Å². The summed E-state index contributed by atoms with van der Waals surface area (Å²) in [6.45, 7) is 11.8. The first kappa shape index (κ1) is 37.9. The summed E-state index contributed by atoms with van der Waals surface area (Å²) in [6, 6.07) is 23.7. The third kappa shape index (κ3) is 19.7. The van der Waals surface area contributed by atoms with Crippen molar-refractivity contribution < 1.29 is 14.3 Å². The summed E-state index contributed by atoms with van der Waals surface area (Å²) in [5, 5.41) is 3.73. The average Bonchev–Trinajstić information content (AvgIpc) is 2.96. The zero-order valence-corrected chi connectivity index (χ0v) is 25.3. The monoisotopic (exact) mass is 535 g/mol. The maximum atomic E-state index is 9.17. The fourth-order valence-electron chi connectivity index (χ4n) is 2.20. The maximum absolute atomic E-state index is 9.17. The first-order chi connectivity index (χ1) is 17.5. The molecule has 0 aromatic heterocycles. The largest absolute Gasteiger partial charge is 0.497 e. The van der Waals surface area contributed by atoms with Crippen LogP contribution in [0.1, 0.15) is 46.6 Å².